The molecule has 2 atom stereocenters. The van der Waals surface area contributed by atoms with Gasteiger partial charge in [0.1, 0.15) is 0 Å². The molecule has 0 aromatic heterocycles. The fraction of sp³-hybridized carbons (Fsp3) is 0.765. The molecule has 0 radical (unpaired) electrons. The summed E-state index contributed by atoms with van der Waals surface area (Å²) in [5, 5.41) is 0. The number of likely N-dealkylation sites (tertiary alicyclic amines) is 1. The van der Waals surface area contributed by atoms with Gasteiger partial charge in [0.15, 0.2) is 0 Å². The van der Waals surface area contributed by atoms with E-state index in [4.69, 9.17) is 9.47 Å². The Bertz CT molecular complexity index is 438. The van der Waals surface area contributed by atoms with Gasteiger partial charge in [0.05, 0.1) is 19.1 Å². The minimum Gasteiger partial charge on any atom is -0.469 e. The molecule has 0 saturated carbocycles. The highest BCUT2D eigenvalue weighted by molar-refractivity contribution is 5.92. The topological polar surface area (TPSA) is 55.8 Å². The molecule has 2 fully saturated rings. The van der Waals surface area contributed by atoms with Gasteiger partial charge >= 0.3 is 5.97 Å². The summed E-state index contributed by atoms with van der Waals surface area (Å²) >= 11 is 0. The Labute approximate surface area is 132 Å². The summed E-state index contributed by atoms with van der Waals surface area (Å²) in [6, 6.07) is 0. The minimum absolute atomic E-state index is 0.0445. The van der Waals surface area contributed by atoms with E-state index >= 15 is 0 Å². The second-order valence-electron chi connectivity index (χ2n) is 6.18. The van der Waals surface area contributed by atoms with Crippen LogP contribution in [0.4, 0.5) is 0 Å². The van der Waals surface area contributed by atoms with Crippen LogP contribution in [0.15, 0.2) is 11.6 Å². The lowest BCUT2D eigenvalue weighted by molar-refractivity contribution is -0.149. The number of carbonyl (C=O) groups excluding carboxylic acids is 2. The molecule has 1 amide bonds. The number of ether oxygens (including phenoxy) is 2. The number of hydrogen-bond acceptors (Lipinski definition) is 4. The zero-order valence-electron chi connectivity index (χ0n) is 13.8. The van der Waals surface area contributed by atoms with E-state index in [9.17, 15) is 9.59 Å². The molecule has 124 valence electrons. The number of carbonyl (C=O) groups is 2. The summed E-state index contributed by atoms with van der Waals surface area (Å²) in [7, 11) is 1.43. The standard InChI is InChI=1S/C17H27NO4/c1-4-5-12(2)16(19)18-9-6-13(7-10-18)15-14(8-11-22-15)17(20)21-3/h5,13-15H,4,6-11H2,1-3H3/t14-,15+/m1/s1. The molecule has 5 nitrogen and oxygen atoms in total. The van der Waals surface area contributed by atoms with Gasteiger partial charge in [0.2, 0.25) is 5.91 Å². The quantitative estimate of drug-likeness (QED) is 0.590. The first kappa shape index (κ1) is 17.0. The van der Waals surface area contributed by atoms with Crippen LogP contribution in [0.1, 0.15) is 39.5 Å². The number of piperidine rings is 1. The average molecular weight is 309 g/mol. The lowest BCUT2D eigenvalue weighted by atomic mass is 9.84. The molecular formula is C17H27NO4. The summed E-state index contributed by atoms with van der Waals surface area (Å²) in [6.07, 6.45) is 5.34. The van der Waals surface area contributed by atoms with Crippen molar-refractivity contribution >= 4 is 11.9 Å². The highest BCUT2D eigenvalue weighted by Crippen LogP contribution is 2.34. The van der Waals surface area contributed by atoms with Crippen LogP contribution in [0.5, 0.6) is 0 Å². The molecule has 0 bridgehead atoms. The molecule has 0 aliphatic carbocycles. The molecule has 5 heteroatoms. The van der Waals surface area contributed by atoms with Crippen LogP contribution in [0.25, 0.3) is 0 Å². The lowest BCUT2D eigenvalue weighted by Gasteiger charge is -2.35. The Morgan fingerprint density at radius 1 is 1.27 bits per heavy atom. The number of hydrogen-bond donors (Lipinski definition) is 0. The molecule has 2 aliphatic heterocycles. The number of nitrogens with zero attached hydrogens (tertiary/aromatic N) is 1. The van der Waals surface area contributed by atoms with Crippen molar-refractivity contribution in [2.24, 2.45) is 11.8 Å². The van der Waals surface area contributed by atoms with Gasteiger partial charge in [-0.3, -0.25) is 9.59 Å². The Kier molecular flexibility index (Phi) is 6.00. The summed E-state index contributed by atoms with van der Waals surface area (Å²) in [6.45, 7) is 6.03. The largest absolute Gasteiger partial charge is 0.469 e. The molecule has 0 N–H and O–H groups in total. The second kappa shape index (κ2) is 7.77. The summed E-state index contributed by atoms with van der Waals surface area (Å²) in [5.74, 6) is 0.171. The van der Waals surface area contributed by atoms with Gasteiger partial charge in [-0.05, 0) is 38.5 Å². The van der Waals surface area contributed by atoms with Crippen molar-refractivity contribution in [3.05, 3.63) is 11.6 Å². The molecular weight excluding hydrogens is 282 g/mol. The second-order valence-corrected chi connectivity index (χ2v) is 6.18. The Balaban J connectivity index is 1.90. The first-order chi connectivity index (χ1) is 10.6. The van der Waals surface area contributed by atoms with E-state index in [1.165, 1.54) is 7.11 Å². The van der Waals surface area contributed by atoms with Crippen LogP contribution in [0.3, 0.4) is 0 Å². The van der Waals surface area contributed by atoms with E-state index in [0.29, 0.717) is 12.5 Å². The normalized spacial score (nSPS) is 27.0. The Hall–Kier alpha value is -1.36. The third-order valence-electron chi connectivity index (χ3n) is 4.78. The van der Waals surface area contributed by atoms with E-state index < -0.39 is 0 Å². The maximum Gasteiger partial charge on any atom is 0.311 e. The van der Waals surface area contributed by atoms with Crippen molar-refractivity contribution < 1.29 is 19.1 Å². The van der Waals surface area contributed by atoms with Crippen molar-refractivity contribution in [2.75, 3.05) is 26.8 Å². The van der Waals surface area contributed by atoms with Gasteiger partial charge in [-0.25, -0.2) is 0 Å². The molecule has 2 saturated heterocycles. The van der Waals surface area contributed by atoms with E-state index in [2.05, 4.69) is 0 Å². The predicted molar refractivity (Wildman–Crippen MR) is 83.2 cm³/mol. The van der Waals surface area contributed by atoms with Crippen LogP contribution < -0.4 is 0 Å². The first-order valence-corrected chi connectivity index (χ1v) is 8.24. The van der Waals surface area contributed by atoms with Crippen LogP contribution in [-0.4, -0.2) is 49.7 Å². The molecule has 0 aromatic carbocycles. The van der Waals surface area contributed by atoms with Crippen molar-refractivity contribution in [3.8, 4) is 0 Å². The number of rotatable bonds is 4. The van der Waals surface area contributed by atoms with E-state index in [0.717, 1.165) is 44.3 Å². The summed E-state index contributed by atoms with van der Waals surface area (Å²) in [4.78, 5) is 26.0. The van der Waals surface area contributed by atoms with Gasteiger partial charge in [0, 0.05) is 25.3 Å². The van der Waals surface area contributed by atoms with Crippen molar-refractivity contribution in [1.29, 1.82) is 0 Å². The van der Waals surface area contributed by atoms with Crippen LogP contribution in [0.2, 0.25) is 0 Å². The molecule has 22 heavy (non-hydrogen) atoms. The summed E-state index contributed by atoms with van der Waals surface area (Å²) < 4.78 is 10.7. The highest BCUT2D eigenvalue weighted by Gasteiger charge is 2.41. The average Bonchev–Trinajstić information content (AvgIpc) is 3.03. The number of amides is 1. The maximum atomic E-state index is 12.3. The van der Waals surface area contributed by atoms with Gasteiger partial charge in [0.25, 0.3) is 0 Å². The number of methoxy groups -OCH3 is 1. The van der Waals surface area contributed by atoms with E-state index in [1.54, 1.807) is 0 Å². The van der Waals surface area contributed by atoms with Crippen LogP contribution in [0, 0.1) is 11.8 Å². The fourth-order valence-electron chi connectivity index (χ4n) is 3.55. The van der Waals surface area contributed by atoms with E-state index in [-0.39, 0.29) is 23.9 Å². The predicted octanol–water partition coefficient (Wildman–Crippen LogP) is 2.16. The highest BCUT2D eigenvalue weighted by atomic mass is 16.5. The molecule has 2 aliphatic rings. The number of esters is 1. The maximum absolute atomic E-state index is 12.3. The molecule has 0 unspecified atom stereocenters. The van der Waals surface area contributed by atoms with Gasteiger partial charge < -0.3 is 14.4 Å². The van der Waals surface area contributed by atoms with E-state index in [1.807, 2.05) is 24.8 Å². The lowest BCUT2D eigenvalue weighted by Crippen LogP contribution is -2.43. The smallest absolute Gasteiger partial charge is 0.311 e. The molecule has 2 rings (SSSR count). The Morgan fingerprint density at radius 2 is 1.95 bits per heavy atom. The van der Waals surface area contributed by atoms with Gasteiger partial charge in [-0.15, -0.1) is 0 Å². The van der Waals surface area contributed by atoms with Gasteiger partial charge in [-0.1, -0.05) is 13.0 Å². The molecule has 0 aromatic rings. The van der Waals surface area contributed by atoms with Crippen molar-refractivity contribution in [3.63, 3.8) is 0 Å². The fourth-order valence-corrected chi connectivity index (χ4v) is 3.55. The SMILES string of the molecule is CCC=C(C)C(=O)N1CCC([C@@H]2OCC[C@H]2C(=O)OC)CC1. The van der Waals surface area contributed by atoms with Gasteiger partial charge in [-0.2, -0.15) is 0 Å². The zero-order chi connectivity index (χ0) is 16.1. The Morgan fingerprint density at radius 3 is 2.55 bits per heavy atom. The zero-order valence-corrected chi connectivity index (χ0v) is 13.8. The third-order valence-corrected chi connectivity index (χ3v) is 4.78. The van der Waals surface area contributed by atoms with Crippen LogP contribution in [-0.2, 0) is 19.1 Å². The number of allylic oxidation sites excluding steroid dienone is 1. The first-order valence-electron chi connectivity index (χ1n) is 8.24. The summed E-state index contributed by atoms with van der Waals surface area (Å²) in [5.41, 5.74) is 0.825. The third kappa shape index (κ3) is 3.69. The molecule has 2 heterocycles. The van der Waals surface area contributed by atoms with Crippen molar-refractivity contribution in [2.45, 2.75) is 45.6 Å². The molecule has 0 spiro atoms. The monoisotopic (exact) mass is 309 g/mol. The minimum atomic E-state index is -0.164. The van der Waals surface area contributed by atoms with Crippen LogP contribution >= 0.6 is 0 Å². The van der Waals surface area contributed by atoms with Crippen molar-refractivity contribution in [1.82, 2.24) is 4.90 Å².